The van der Waals surface area contributed by atoms with E-state index in [9.17, 15) is 14.4 Å². The molecule has 1 fully saturated rings. The van der Waals surface area contributed by atoms with Crippen LogP contribution in [0.25, 0.3) is 10.2 Å². The van der Waals surface area contributed by atoms with Crippen molar-refractivity contribution in [3.63, 3.8) is 0 Å². The molecule has 0 bridgehead atoms. The molecule has 2 N–H and O–H groups in total. The molecule has 0 saturated heterocycles. The molecule has 2 aliphatic rings. The van der Waals surface area contributed by atoms with E-state index in [0.29, 0.717) is 22.1 Å². The molecule has 0 spiro atoms. The van der Waals surface area contributed by atoms with Crippen molar-refractivity contribution in [1.82, 2.24) is 9.88 Å². The molecule has 1 aliphatic carbocycles. The summed E-state index contributed by atoms with van der Waals surface area (Å²) in [6.45, 7) is 7.59. The van der Waals surface area contributed by atoms with E-state index in [0.717, 1.165) is 46.3 Å². The zero-order chi connectivity index (χ0) is 26.5. The quantitative estimate of drug-likeness (QED) is 0.387. The van der Waals surface area contributed by atoms with Crippen LogP contribution in [0.15, 0.2) is 24.3 Å². The molecule has 2 aromatic heterocycles. The molecule has 7 nitrogen and oxygen atoms in total. The van der Waals surface area contributed by atoms with Gasteiger partial charge in [0, 0.05) is 33.9 Å². The van der Waals surface area contributed by atoms with Gasteiger partial charge >= 0.3 is 0 Å². The Morgan fingerprint density at radius 3 is 2.35 bits per heavy atom. The molecule has 1 aromatic carbocycles. The first kappa shape index (κ1) is 25.8. The van der Waals surface area contributed by atoms with Crippen molar-refractivity contribution in [3.8, 4) is 0 Å². The van der Waals surface area contributed by atoms with Crippen LogP contribution in [0.5, 0.6) is 0 Å². The summed E-state index contributed by atoms with van der Waals surface area (Å²) in [6.07, 6.45) is 6.46. The first-order chi connectivity index (χ1) is 17.6. The number of carbonyl (C=O) groups is 3. The van der Waals surface area contributed by atoms with E-state index in [-0.39, 0.29) is 30.3 Å². The number of aryl methyl sites for hydroxylation is 2. The highest BCUT2D eigenvalue weighted by Gasteiger charge is 2.50. The SMILES string of the molecule is CC(=O)Nc1c2n(c3sc(C)c(C)c13)CC(C)(C(=O)NC1CCCCCC1)N(c1ccc(Cl)cc1)C2=O. The first-order valence-corrected chi connectivity index (χ1v) is 14.1. The van der Waals surface area contributed by atoms with Crippen LogP contribution in [0.3, 0.4) is 0 Å². The maximum Gasteiger partial charge on any atom is 0.278 e. The summed E-state index contributed by atoms with van der Waals surface area (Å²) in [7, 11) is 0. The van der Waals surface area contributed by atoms with Gasteiger partial charge in [-0.15, -0.1) is 11.3 Å². The summed E-state index contributed by atoms with van der Waals surface area (Å²) in [5, 5.41) is 7.64. The molecule has 9 heteroatoms. The third-order valence-electron chi connectivity index (χ3n) is 7.80. The summed E-state index contributed by atoms with van der Waals surface area (Å²) in [6, 6.07) is 7.09. The fraction of sp³-hybridized carbons (Fsp3) is 0.464. The number of hydrogen-bond donors (Lipinski definition) is 2. The molecule has 1 aliphatic heterocycles. The van der Waals surface area contributed by atoms with Crippen molar-refractivity contribution in [3.05, 3.63) is 45.4 Å². The van der Waals surface area contributed by atoms with Gasteiger partial charge in [0.05, 0.1) is 12.2 Å². The summed E-state index contributed by atoms with van der Waals surface area (Å²) in [4.78, 5) is 44.3. The second kappa shape index (κ2) is 9.80. The van der Waals surface area contributed by atoms with Crippen molar-refractivity contribution >= 4 is 62.3 Å². The van der Waals surface area contributed by atoms with Gasteiger partial charge < -0.3 is 15.2 Å². The highest BCUT2D eigenvalue weighted by molar-refractivity contribution is 7.19. The minimum Gasteiger partial charge on any atom is -0.351 e. The van der Waals surface area contributed by atoms with E-state index in [2.05, 4.69) is 10.6 Å². The zero-order valence-corrected chi connectivity index (χ0v) is 23.3. The Morgan fingerprint density at radius 1 is 1.08 bits per heavy atom. The van der Waals surface area contributed by atoms with Crippen molar-refractivity contribution in [1.29, 1.82) is 0 Å². The number of anilines is 2. The number of amides is 3. The van der Waals surface area contributed by atoms with Gasteiger partial charge in [0.2, 0.25) is 11.8 Å². The fourth-order valence-electron chi connectivity index (χ4n) is 5.76. The van der Waals surface area contributed by atoms with Gasteiger partial charge in [-0.05, 0) is 63.4 Å². The first-order valence-electron chi connectivity index (χ1n) is 12.9. The Morgan fingerprint density at radius 2 is 1.73 bits per heavy atom. The number of hydrogen-bond acceptors (Lipinski definition) is 4. The van der Waals surface area contributed by atoms with Gasteiger partial charge in [-0.3, -0.25) is 19.3 Å². The molecule has 3 aromatic rings. The Kier molecular flexibility index (Phi) is 6.83. The molecule has 1 saturated carbocycles. The van der Waals surface area contributed by atoms with Crippen molar-refractivity contribution in [2.24, 2.45) is 0 Å². The third kappa shape index (κ3) is 4.44. The van der Waals surface area contributed by atoms with Crippen LogP contribution in [-0.4, -0.2) is 33.9 Å². The van der Waals surface area contributed by atoms with Crippen LogP contribution in [0.1, 0.15) is 73.3 Å². The highest BCUT2D eigenvalue weighted by atomic mass is 35.5. The lowest BCUT2D eigenvalue weighted by Gasteiger charge is -2.44. The number of thiophene rings is 1. The van der Waals surface area contributed by atoms with Gasteiger partial charge in [0.15, 0.2) is 0 Å². The van der Waals surface area contributed by atoms with Crippen LogP contribution < -0.4 is 15.5 Å². The monoisotopic (exact) mass is 540 g/mol. The van der Waals surface area contributed by atoms with Gasteiger partial charge in [-0.2, -0.15) is 0 Å². The predicted molar refractivity (Wildman–Crippen MR) is 150 cm³/mol. The number of fused-ring (bicyclic) bond motifs is 3. The van der Waals surface area contributed by atoms with E-state index < -0.39 is 5.54 Å². The van der Waals surface area contributed by atoms with Crippen molar-refractivity contribution in [2.75, 3.05) is 10.2 Å². The molecule has 196 valence electrons. The van der Waals surface area contributed by atoms with Crippen LogP contribution >= 0.6 is 22.9 Å². The Labute approximate surface area is 226 Å². The number of aromatic nitrogens is 1. The van der Waals surface area contributed by atoms with Gasteiger partial charge in [-0.1, -0.05) is 37.3 Å². The molecule has 1 atom stereocenters. The fourth-order valence-corrected chi connectivity index (χ4v) is 7.05. The summed E-state index contributed by atoms with van der Waals surface area (Å²) >= 11 is 7.75. The van der Waals surface area contributed by atoms with E-state index in [1.165, 1.54) is 19.8 Å². The van der Waals surface area contributed by atoms with Gasteiger partial charge in [-0.25, -0.2) is 0 Å². The number of benzene rings is 1. The van der Waals surface area contributed by atoms with Crippen molar-refractivity contribution < 1.29 is 14.4 Å². The van der Waals surface area contributed by atoms with E-state index in [1.54, 1.807) is 40.5 Å². The molecular weight excluding hydrogens is 508 g/mol. The Hall–Kier alpha value is -2.84. The number of rotatable bonds is 4. The smallest absolute Gasteiger partial charge is 0.278 e. The van der Waals surface area contributed by atoms with Crippen LogP contribution in [-0.2, 0) is 16.1 Å². The van der Waals surface area contributed by atoms with Crippen molar-refractivity contribution in [2.45, 2.75) is 84.3 Å². The number of nitrogens with zero attached hydrogens (tertiary/aromatic N) is 2. The summed E-state index contributed by atoms with van der Waals surface area (Å²) in [5.41, 5.74) is 1.34. The molecule has 0 radical (unpaired) electrons. The average molecular weight is 541 g/mol. The van der Waals surface area contributed by atoms with Crippen LogP contribution in [0, 0.1) is 13.8 Å². The minimum absolute atomic E-state index is 0.0984. The summed E-state index contributed by atoms with van der Waals surface area (Å²) < 4.78 is 1.94. The highest BCUT2D eigenvalue weighted by Crippen LogP contribution is 2.45. The molecule has 3 heterocycles. The molecule has 5 rings (SSSR count). The number of carbonyl (C=O) groups excluding carboxylic acids is 3. The lowest BCUT2D eigenvalue weighted by Crippen LogP contribution is -2.65. The summed E-state index contributed by atoms with van der Waals surface area (Å²) in [5.74, 6) is -0.735. The van der Waals surface area contributed by atoms with E-state index >= 15 is 0 Å². The normalized spacial score (nSPS) is 20.6. The van der Waals surface area contributed by atoms with Gasteiger partial charge in [0.1, 0.15) is 16.1 Å². The standard InChI is InChI=1S/C28H33ClN4O3S/c1-16-17(2)37-26-22(16)23(30-18(3)34)24-25(35)33(21-13-11-19(29)12-14-21)28(4,15-32(24)26)27(36)31-20-9-7-5-6-8-10-20/h11-14,20H,5-10,15H2,1-4H3,(H,30,34)(H,31,36). The number of halogens is 1. The lowest BCUT2D eigenvalue weighted by molar-refractivity contribution is -0.127. The van der Waals surface area contributed by atoms with Crippen LogP contribution in [0.4, 0.5) is 11.4 Å². The Balaban J connectivity index is 1.67. The van der Waals surface area contributed by atoms with Crippen LogP contribution in [0.2, 0.25) is 5.02 Å². The number of nitrogens with one attached hydrogen (secondary N) is 2. The molecule has 37 heavy (non-hydrogen) atoms. The molecule has 3 amide bonds. The molecular formula is C28H33ClN4O3S. The second-order valence-electron chi connectivity index (χ2n) is 10.5. The predicted octanol–water partition coefficient (Wildman–Crippen LogP) is 6.19. The maximum absolute atomic E-state index is 14.4. The second-order valence-corrected chi connectivity index (χ2v) is 12.1. The lowest BCUT2D eigenvalue weighted by atomic mass is 9.92. The molecule has 1 unspecified atom stereocenters. The largest absolute Gasteiger partial charge is 0.351 e. The van der Waals surface area contributed by atoms with E-state index in [4.69, 9.17) is 11.6 Å². The Bertz CT molecular complexity index is 1380. The third-order valence-corrected chi connectivity index (χ3v) is 9.28. The van der Waals surface area contributed by atoms with E-state index in [1.807, 2.05) is 25.3 Å². The minimum atomic E-state index is -1.19. The maximum atomic E-state index is 14.4. The van der Waals surface area contributed by atoms with Gasteiger partial charge in [0.25, 0.3) is 5.91 Å². The zero-order valence-electron chi connectivity index (χ0n) is 21.7. The average Bonchev–Trinajstić information content (AvgIpc) is 3.14. The topological polar surface area (TPSA) is 83.4 Å².